The van der Waals surface area contributed by atoms with Crippen LogP contribution in [0.25, 0.3) is 0 Å². The highest BCUT2D eigenvalue weighted by atomic mass is 19.4. The van der Waals surface area contributed by atoms with Gasteiger partial charge in [-0.05, 0) is 18.9 Å². The molecule has 116 valence electrons. The number of alkyl halides is 3. The summed E-state index contributed by atoms with van der Waals surface area (Å²) in [5.74, 6) is 0.0643. The van der Waals surface area contributed by atoms with Crippen LogP contribution in [0.1, 0.15) is 36.8 Å². The monoisotopic (exact) mass is 301 g/mol. The summed E-state index contributed by atoms with van der Waals surface area (Å²) in [4.78, 5) is 0. The molecule has 0 saturated heterocycles. The first-order valence-corrected chi connectivity index (χ1v) is 7.18. The average molecular weight is 301 g/mol. The first-order valence-electron chi connectivity index (χ1n) is 7.18. The third kappa shape index (κ3) is 2.35. The molecule has 21 heavy (non-hydrogen) atoms. The van der Waals surface area contributed by atoms with Gasteiger partial charge in [-0.25, -0.2) is 0 Å². The maximum absolute atomic E-state index is 13.1. The van der Waals surface area contributed by atoms with Crippen molar-refractivity contribution in [3.63, 3.8) is 0 Å². The normalized spacial score (nSPS) is 20.6. The third-order valence-corrected chi connectivity index (χ3v) is 4.52. The molecule has 0 unspecified atom stereocenters. The highest BCUT2D eigenvalue weighted by Crippen LogP contribution is 2.51. The van der Waals surface area contributed by atoms with Crippen molar-refractivity contribution in [3.8, 4) is 11.5 Å². The Morgan fingerprint density at radius 2 is 1.67 bits per heavy atom. The number of hydrogen-bond acceptors (Lipinski definition) is 3. The van der Waals surface area contributed by atoms with E-state index < -0.39 is 11.7 Å². The summed E-state index contributed by atoms with van der Waals surface area (Å²) < 4.78 is 50.1. The van der Waals surface area contributed by atoms with Crippen molar-refractivity contribution in [3.05, 3.63) is 23.3 Å². The van der Waals surface area contributed by atoms with Crippen LogP contribution in [0.4, 0.5) is 13.2 Å². The first-order chi connectivity index (χ1) is 9.98. The van der Waals surface area contributed by atoms with Gasteiger partial charge in [0.1, 0.15) is 18.8 Å². The second-order valence-corrected chi connectivity index (χ2v) is 5.71. The Bertz CT molecular complexity index is 536. The second-order valence-electron chi connectivity index (χ2n) is 5.71. The van der Waals surface area contributed by atoms with Gasteiger partial charge < -0.3 is 15.2 Å². The summed E-state index contributed by atoms with van der Waals surface area (Å²) in [6.45, 7) is 0.811. The summed E-state index contributed by atoms with van der Waals surface area (Å²) >= 11 is 0. The van der Waals surface area contributed by atoms with E-state index in [1.165, 1.54) is 6.07 Å². The lowest BCUT2D eigenvalue weighted by atomic mass is 9.78. The van der Waals surface area contributed by atoms with E-state index >= 15 is 0 Å². The van der Waals surface area contributed by atoms with Crippen LogP contribution in [0.5, 0.6) is 11.5 Å². The van der Waals surface area contributed by atoms with Gasteiger partial charge in [0.25, 0.3) is 0 Å². The number of rotatable bonds is 2. The van der Waals surface area contributed by atoms with E-state index in [4.69, 9.17) is 15.2 Å². The van der Waals surface area contributed by atoms with Crippen molar-refractivity contribution < 1.29 is 22.6 Å². The van der Waals surface area contributed by atoms with Crippen LogP contribution in [0.15, 0.2) is 12.1 Å². The van der Waals surface area contributed by atoms with Crippen molar-refractivity contribution in [1.82, 2.24) is 0 Å². The Morgan fingerprint density at radius 1 is 1.05 bits per heavy atom. The van der Waals surface area contributed by atoms with E-state index in [1.54, 1.807) is 0 Å². The van der Waals surface area contributed by atoms with E-state index in [2.05, 4.69) is 0 Å². The molecule has 2 N–H and O–H groups in total. The van der Waals surface area contributed by atoms with Crippen LogP contribution in [-0.2, 0) is 11.6 Å². The number of fused-ring (bicyclic) bond motifs is 1. The van der Waals surface area contributed by atoms with Crippen LogP contribution in [0, 0.1) is 0 Å². The molecule has 0 aromatic heterocycles. The molecule has 1 saturated carbocycles. The quantitative estimate of drug-likeness (QED) is 0.912. The van der Waals surface area contributed by atoms with Crippen LogP contribution in [0.3, 0.4) is 0 Å². The maximum Gasteiger partial charge on any atom is 0.420 e. The van der Waals surface area contributed by atoms with E-state index in [0.29, 0.717) is 6.54 Å². The van der Waals surface area contributed by atoms with E-state index in [1.807, 2.05) is 0 Å². The van der Waals surface area contributed by atoms with Gasteiger partial charge in [0.05, 0.1) is 0 Å². The molecule has 1 aliphatic carbocycles. The molecule has 0 atom stereocenters. The molecule has 0 amide bonds. The highest BCUT2D eigenvalue weighted by molar-refractivity contribution is 5.56. The lowest BCUT2D eigenvalue weighted by Gasteiger charge is -2.33. The molecule has 6 heteroatoms. The summed E-state index contributed by atoms with van der Waals surface area (Å²) in [5.41, 5.74) is 5.65. The molecule has 1 aromatic rings. The van der Waals surface area contributed by atoms with Crippen molar-refractivity contribution in [1.29, 1.82) is 0 Å². The third-order valence-electron chi connectivity index (χ3n) is 4.52. The molecule has 1 heterocycles. The van der Waals surface area contributed by atoms with Gasteiger partial charge >= 0.3 is 6.18 Å². The molecule has 0 radical (unpaired) electrons. The fraction of sp³-hybridized carbons (Fsp3) is 0.600. The van der Waals surface area contributed by atoms with Gasteiger partial charge in [-0.15, -0.1) is 0 Å². The molecule has 3 rings (SSSR count). The molecule has 2 aliphatic rings. The number of benzene rings is 1. The van der Waals surface area contributed by atoms with Gasteiger partial charge in [-0.3, -0.25) is 0 Å². The lowest BCUT2D eigenvalue weighted by Crippen LogP contribution is -2.34. The largest absolute Gasteiger partial charge is 0.486 e. The molecular weight excluding hydrogens is 283 g/mol. The summed E-state index contributed by atoms with van der Waals surface area (Å²) in [5, 5.41) is 0. The zero-order valence-corrected chi connectivity index (χ0v) is 11.6. The van der Waals surface area contributed by atoms with Crippen LogP contribution >= 0.6 is 0 Å². The van der Waals surface area contributed by atoms with Crippen molar-refractivity contribution in [2.45, 2.75) is 37.3 Å². The second kappa shape index (κ2) is 5.09. The highest BCUT2D eigenvalue weighted by Gasteiger charge is 2.42. The Kier molecular flexibility index (Phi) is 3.51. The first kappa shape index (κ1) is 14.5. The fourth-order valence-corrected chi connectivity index (χ4v) is 3.41. The van der Waals surface area contributed by atoms with Crippen LogP contribution in [-0.4, -0.2) is 19.8 Å². The van der Waals surface area contributed by atoms with Gasteiger partial charge in [-0.1, -0.05) is 18.9 Å². The van der Waals surface area contributed by atoms with Crippen molar-refractivity contribution in [2.75, 3.05) is 19.8 Å². The van der Waals surface area contributed by atoms with Crippen LogP contribution in [0.2, 0.25) is 0 Å². The van der Waals surface area contributed by atoms with Gasteiger partial charge in [0, 0.05) is 17.5 Å². The summed E-state index contributed by atoms with van der Waals surface area (Å²) in [6, 6.07) is 2.62. The SMILES string of the molecule is NCC1(c2ccc(C(F)(F)F)c3c2OCCO3)CCCC1. The minimum atomic E-state index is -4.45. The molecule has 1 fully saturated rings. The maximum atomic E-state index is 13.1. The predicted octanol–water partition coefficient (Wildman–Crippen LogP) is 3.25. The predicted molar refractivity (Wildman–Crippen MR) is 71.6 cm³/mol. The van der Waals surface area contributed by atoms with Crippen molar-refractivity contribution in [2.24, 2.45) is 5.73 Å². The van der Waals surface area contributed by atoms with Gasteiger partial charge in [0.2, 0.25) is 0 Å². The minimum Gasteiger partial charge on any atom is -0.486 e. The fourth-order valence-electron chi connectivity index (χ4n) is 3.41. The molecule has 1 aliphatic heterocycles. The molecular formula is C15H18F3NO2. The number of ether oxygens (including phenoxy) is 2. The van der Waals surface area contributed by atoms with E-state index in [0.717, 1.165) is 37.3 Å². The topological polar surface area (TPSA) is 44.5 Å². The Morgan fingerprint density at radius 3 is 2.24 bits per heavy atom. The zero-order valence-electron chi connectivity index (χ0n) is 11.6. The summed E-state index contributed by atoms with van der Waals surface area (Å²) in [6.07, 6.45) is -0.619. The Balaban J connectivity index is 2.15. The molecule has 0 spiro atoms. The Hall–Kier alpha value is -1.43. The minimum absolute atomic E-state index is 0.134. The van der Waals surface area contributed by atoms with Gasteiger partial charge in [0.15, 0.2) is 11.5 Å². The average Bonchev–Trinajstić information content (AvgIpc) is 2.95. The Labute approximate surface area is 121 Å². The molecule has 0 bridgehead atoms. The van der Waals surface area contributed by atoms with E-state index in [9.17, 15) is 13.2 Å². The van der Waals surface area contributed by atoms with E-state index in [-0.39, 0.29) is 30.1 Å². The molecule has 1 aromatic carbocycles. The van der Waals surface area contributed by atoms with Crippen molar-refractivity contribution >= 4 is 0 Å². The smallest absolute Gasteiger partial charge is 0.420 e. The number of nitrogens with two attached hydrogens (primary N) is 1. The van der Waals surface area contributed by atoms with Gasteiger partial charge in [-0.2, -0.15) is 13.2 Å². The molecule has 3 nitrogen and oxygen atoms in total. The van der Waals surface area contributed by atoms with Crippen LogP contribution < -0.4 is 15.2 Å². The summed E-state index contributed by atoms with van der Waals surface area (Å²) in [7, 11) is 0. The number of halogens is 3. The zero-order chi connectivity index (χ0) is 15.1. The standard InChI is InChI=1S/C15H18F3NO2/c16-15(17,18)11-4-3-10(12-13(11)21-8-7-20-12)14(9-19)5-1-2-6-14/h3-4H,1-2,5-9,19H2. The lowest BCUT2D eigenvalue weighted by molar-refractivity contribution is -0.139. The number of hydrogen-bond donors (Lipinski definition) is 1.